The second-order valence-electron chi connectivity index (χ2n) is 6.65. The standard InChI is InChI=1S/C20H25NO4S/c1-13-8-10-26-19(13)18(21-9-4-5-14(12-21)20(22)23)16-7-6-15(24-2)11-17(16)25-3/h6-8,10-11,14,18H,4-5,9,12H2,1-3H3,(H,22,23). The molecule has 5 nitrogen and oxygen atoms in total. The molecule has 0 bridgehead atoms. The number of methoxy groups -OCH3 is 2. The zero-order valence-corrected chi connectivity index (χ0v) is 16.2. The summed E-state index contributed by atoms with van der Waals surface area (Å²) in [5.74, 6) is 0.475. The molecule has 1 N–H and O–H groups in total. The summed E-state index contributed by atoms with van der Waals surface area (Å²) in [6.45, 7) is 3.53. The molecule has 1 aliphatic heterocycles. The maximum atomic E-state index is 11.6. The Kier molecular flexibility index (Phi) is 5.84. The van der Waals surface area contributed by atoms with Crippen molar-refractivity contribution in [1.29, 1.82) is 0 Å². The average molecular weight is 375 g/mol. The fraction of sp³-hybridized carbons (Fsp3) is 0.450. The van der Waals surface area contributed by atoms with Crippen LogP contribution >= 0.6 is 11.3 Å². The summed E-state index contributed by atoms with van der Waals surface area (Å²) >= 11 is 1.71. The van der Waals surface area contributed by atoms with E-state index in [0.29, 0.717) is 6.54 Å². The van der Waals surface area contributed by atoms with E-state index >= 15 is 0 Å². The molecule has 2 unspecified atom stereocenters. The Morgan fingerprint density at radius 3 is 2.73 bits per heavy atom. The summed E-state index contributed by atoms with van der Waals surface area (Å²) in [4.78, 5) is 15.1. The first-order valence-corrected chi connectivity index (χ1v) is 9.66. The van der Waals surface area contributed by atoms with Gasteiger partial charge in [0, 0.05) is 23.1 Å². The van der Waals surface area contributed by atoms with Crippen molar-refractivity contribution >= 4 is 17.3 Å². The molecule has 2 atom stereocenters. The van der Waals surface area contributed by atoms with Gasteiger partial charge in [0.25, 0.3) is 0 Å². The summed E-state index contributed by atoms with van der Waals surface area (Å²) in [5, 5.41) is 11.6. The topological polar surface area (TPSA) is 59.0 Å². The number of aryl methyl sites for hydroxylation is 1. The third-order valence-corrected chi connectivity index (χ3v) is 6.12. The maximum absolute atomic E-state index is 11.6. The van der Waals surface area contributed by atoms with E-state index in [4.69, 9.17) is 9.47 Å². The summed E-state index contributed by atoms with van der Waals surface area (Å²) in [5.41, 5.74) is 2.26. The molecule has 0 spiro atoms. The molecule has 0 saturated carbocycles. The number of nitrogens with zero attached hydrogens (tertiary/aromatic N) is 1. The molecule has 0 aliphatic carbocycles. The van der Waals surface area contributed by atoms with Gasteiger partial charge in [-0.2, -0.15) is 0 Å². The van der Waals surface area contributed by atoms with Gasteiger partial charge in [0.05, 0.1) is 26.2 Å². The van der Waals surface area contributed by atoms with Crippen molar-refractivity contribution in [2.24, 2.45) is 5.92 Å². The van der Waals surface area contributed by atoms with E-state index in [-0.39, 0.29) is 12.0 Å². The van der Waals surface area contributed by atoms with Crippen LogP contribution in [0.4, 0.5) is 0 Å². The second kappa shape index (κ2) is 8.10. The normalized spacial score (nSPS) is 19.1. The molecule has 3 rings (SSSR count). The number of carbonyl (C=O) groups is 1. The van der Waals surface area contributed by atoms with E-state index in [1.807, 2.05) is 18.2 Å². The predicted octanol–water partition coefficient (Wildman–Crippen LogP) is 3.96. The highest BCUT2D eigenvalue weighted by atomic mass is 32.1. The van der Waals surface area contributed by atoms with Gasteiger partial charge in [-0.05, 0) is 55.5 Å². The van der Waals surface area contributed by atoms with Crippen molar-refractivity contribution in [3.8, 4) is 11.5 Å². The second-order valence-corrected chi connectivity index (χ2v) is 7.60. The number of carboxylic acids is 1. The van der Waals surface area contributed by atoms with Crippen molar-refractivity contribution in [2.75, 3.05) is 27.3 Å². The van der Waals surface area contributed by atoms with Crippen molar-refractivity contribution in [3.05, 3.63) is 45.6 Å². The molecule has 0 amide bonds. The summed E-state index contributed by atoms with van der Waals surface area (Å²) < 4.78 is 11.0. The largest absolute Gasteiger partial charge is 0.497 e. The number of rotatable bonds is 6. The number of carboxylic acid groups (broad SMARTS) is 1. The number of benzene rings is 1. The van der Waals surface area contributed by atoms with Crippen LogP contribution in [0.2, 0.25) is 0 Å². The number of hydrogen-bond acceptors (Lipinski definition) is 5. The Hall–Kier alpha value is -2.05. The van der Waals surface area contributed by atoms with Gasteiger partial charge in [0.2, 0.25) is 0 Å². The van der Waals surface area contributed by atoms with Gasteiger partial charge in [-0.25, -0.2) is 0 Å². The highest BCUT2D eigenvalue weighted by molar-refractivity contribution is 7.10. The third-order valence-electron chi connectivity index (χ3n) is 5.05. The molecule has 140 valence electrons. The Morgan fingerprint density at radius 2 is 2.12 bits per heavy atom. The van der Waals surface area contributed by atoms with E-state index in [0.717, 1.165) is 36.4 Å². The van der Waals surface area contributed by atoms with Crippen LogP contribution in [0, 0.1) is 12.8 Å². The first-order valence-electron chi connectivity index (χ1n) is 8.78. The predicted molar refractivity (Wildman–Crippen MR) is 102 cm³/mol. The van der Waals surface area contributed by atoms with Crippen LogP contribution in [-0.2, 0) is 4.79 Å². The van der Waals surface area contributed by atoms with Crippen molar-refractivity contribution in [1.82, 2.24) is 4.90 Å². The SMILES string of the molecule is COc1ccc(C(c2sccc2C)N2CCCC(C(=O)O)C2)c(OC)c1. The Morgan fingerprint density at radius 1 is 1.31 bits per heavy atom. The van der Waals surface area contributed by atoms with Crippen LogP contribution < -0.4 is 9.47 Å². The highest BCUT2D eigenvalue weighted by Gasteiger charge is 2.33. The zero-order valence-electron chi connectivity index (χ0n) is 15.4. The first kappa shape index (κ1) is 18.7. The van der Waals surface area contributed by atoms with Crippen molar-refractivity contribution in [2.45, 2.75) is 25.8 Å². The molecule has 1 fully saturated rings. The lowest BCUT2D eigenvalue weighted by Crippen LogP contribution is -2.41. The van der Waals surface area contributed by atoms with Crippen molar-refractivity contribution in [3.63, 3.8) is 0 Å². The van der Waals surface area contributed by atoms with Crippen LogP contribution in [0.15, 0.2) is 29.6 Å². The molecular formula is C20H25NO4S. The van der Waals surface area contributed by atoms with Gasteiger partial charge in [0.1, 0.15) is 11.5 Å². The Balaban J connectivity index is 2.05. The summed E-state index contributed by atoms with van der Waals surface area (Å²) in [7, 11) is 3.30. The number of likely N-dealkylation sites (tertiary alicyclic amines) is 1. The Labute approximate surface area is 158 Å². The van der Waals surface area contributed by atoms with Gasteiger partial charge in [-0.1, -0.05) is 0 Å². The third kappa shape index (κ3) is 3.71. The molecule has 1 saturated heterocycles. The molecule has 1 aromatic carbocycles. The van der Waals surface area contributed by atoms with Gasteiger partial charge in [0.15, 0.2) is 0 Å². The number of hydrogen-bond donors (Lipinski definition) is 1. The van der Waals surface area contributed by atoms with Crippen molar-refractivity contribution < 1.29 is 19.4 Å². The van der Waals surface area contributed by atoms with Gasteiger partial charge in [-0.15, -0.1) is 11.3 Å². The van der Waals surface area contributed by atoms with Gasteiger partial charge >= 0.3 is 5.97 Å². The number of thiophene rings is 1. The molecule has 0 radical (unpaired) electrons. The van der Waals surface area contributed by atoms with Crippen LogP contribution in [0.3, 0.4) is 0 Å². The minimum atomic E-state index is -0.710. The lowest BCUT2D eigenvalue weighted by Gasteiger charge is -2.37. The smallest absolute Gasteiger partial charge is 0.307 e. The lowest BCUT2D eigenvalue weighted by molar-refractivity contribution is -0.143. The lowest BCUT2D eigenvalue weighted by atomic mass is 9.93. The average Bonchev–Trinajstić information content (AvgIpc) is 3.08. The number of ether oxygens (including phenoxy) is 2. The quantitative estimate of drug-likeness (QED) is 0.828. The fourth-order valence-electron chi connectivity index (χ4n) is 3.66. The summed E-state index contributed by atoms with van der Waals surface area (Å²) in [6.07, 6.45) is 1.62. The first-order chi connectivity index (χ1) is 12.5. The van der Waals surface area contributed by atoms with Gasteiger partial charge in [-0.3, -0.25) is 9.69 Å². The minimum Gasteiger partial charge on any atom is -0.497 e. The highest BCUT2D eigenvalue weighted by Crippen LogP contribution is 2.41. The van der Waals surface area contributed by atoms with E-state index < -0.39 is 5.97 Å². The van der Waals surface area contributed by atoms with Gasteiger partial charge < -0.3 is 14.6 Å². The van der Waals surface area contributed by atoms with E-state index in [1.165, 1.54) is 10.4 Å². The molecular weight excluding hydrogens is 350 g/mol. The fourth-order valence-corrected chi connectivity index (χ4v) is 4.73. The number of piperidine rings is 1. The molecule has 6 heteroatoms. The van der Waals surface area contributed by atoms with Crippen LogP contribution in [0.5, 0.6) is 11.5 Å². The molecule has 2 heterocycles. The van der Waals surface area contributed by atoms with Crippen LogP contribution in [-0.4, -0.2) is 43.3 Å². The van der Waals surface area contributed by atoms with Crippen LogP contribution in [0.1, 0.15) is 34.9 Å². The molecule has 1 aliphatic rings. The minimum absolute atomic E-state index is 0.0157. The summed E-state index contributed by atoms with van der Waals surface area (Å²) in [6, 6.07) is 7.96. The molecule has 2 aromatic rings. The van der Waals surface area contributed by atoms with E-state index in [1.54, 1.807) is 25.6 Å². The maximum Gasteiger partial charge on any atom is 0.307 e. The molecule has 26 heavy (non-hydrogen) atoms. The van der Waals surface area contributed by atoms with Crippen LogP contribution in [0.25, 0.3) is 0 Å². The van der Waals surface area contributed by atoms with E-state index in [2.05, 4.69) is 23.3 Å². The van der Waals surface area contributed by atoms with E-state index in [9.17, 15) is 9.90 Å². The number of aliphatic carboxylic acids is 1. The molecule has 1 aromatic heterocycles. The Bertz CT molecular complexity index is 773. The monoisotopic (exact) mass is 375 g/mol. The zero-order chi connectivity index (χ0) is 18.7.